The third kappa shape index (κ3) is 3.42. The molecule has 0 spiro atoms. The molecule has 3 N–H and O–H groups in total. The number of amides is 1. The maximum Gasteiger partial charge on any atom is 0.252 e. The zero-order valence-electron chi connectivity index (χ0n) is 9.65. The number of hydrogen-bond donors (Lipinski definition) is 3. The van der Waals surface area contributed by atoms with Gasteiger partial charge in [-0.1, -0.05) is 0 Å². The van der Waals surface area contributed by atoms with E-state index in [4.69, 9.17) is 0 Å². The Morgan fingerprint density at radius 1 is 1.59 bits per heavy atom. The first kappa shape index (κ1) is 11.9. The summed E-state index contributed by atoms with van der Waals surface area (Å²) in [4.78, 5) is 15.5. The van der Waals surface area contributed by atoms with Gasteiger partial charge in [0.25, 0.3) is 5.91 Å². The summed E-state index contributed by atoms with van der Waals surface area (Å²) in [5.41, 5.74) is 0.398. The van der Waals surface area contributed by atoms with Gasteiger partial charge in [0.15, 0.2) is 0 Å². The zero-order chi connectivity index (χ0) is 12.1. The monoisotopic (exact) mass is 235 g/mol. The first-order valence-corrected chi connectivity index (χ1v) is 5.88. The molecule has 1 aromatic rings. The van der Waals surface area contributed by atoms with Crippen LogP contribution in [0.1, 0.15) is 23.2 Å². The molecule has 0 saturated carbocycles. The van der Waals surface area contributed by atoms with Crippen molar-refractivity contribution in [3.63, 3.8) is 0 Å². The van der Waals surface area contributed by atoms with E-state index < -0.39 is 0 Å². The molecular formula is C12H17N3O2. The smallest absolute Gasteiger partial charge is 0.252 e. The number of pyridine rings is 1. The zero-order valence-corrected chi connectivity index (χ0v) is 9.65. The van der Waals surface area contributed by atoms with E-state index in [1.165, 1.54) is 24.9 Å². The fraction of sp³-hybridized carbons (Fsp3) is 0.500. The van der Waals surface area contributed by atoms with Crippen molar-refractivity contribution in [3.05, 3.63) is 24.0 Å². The highest BCUT2D eigenvalue weighted by molar-refractivity contribution is 5.94. The number of carbonyl (C=O) groups excluding carboxylic acids is 1. The average molecular weight is 235 g/mol. The standard InChI is InChI=1S/C12H17N3O2/c16-11-5-10(7-14-8-11)12(17)15-4-2-9-1-3-13-6-9/h5,7-9,13,16H,1-4,6H2,(H,15,17). The Kier molecular flexibility index (Phi) is 3.93. The fourth-order valence-electron chi connectivity index (χ4n) is 2.00. The van der Waals surface area contributed by atoms with E-state index in [-0.39, 0.29) is 11.7 Å². The minimum absolute atomic E-state index is 0.0117. The van der Waals surface area contributed by atoms with Gasteiger partial charge in [-0.05, 0) is 37.9 Å². The summed E-state index contributed by atoms with van der Waals surface area (Å²) in [6, 6.07) is 1.42. The van der Waals surface area contributed by atoms with E-state index in [0.717, 1.165) is 19.5 Å². The van der Waals surface area contributed by atoms with Crippen LogP contribution in [-0.2, 0) is 0 Å². The largest absolute Gasteiger partial charge is 0.506 e. The van der Waals surface area contributed by atoms with Crippen molar-refractivity contribution in [2.45, 2.75) is 12.8 Å². The van der Waals surface area contributed by atoms with Crippen LogP contribution in [0.4, 0.5) is 0 Å². The SMILES string of the molecule is O=C(NCCC1CCNC1)c1cncc(O)c1. The highest BCUT2D eigenvalue weighted by atomic mass is 16.3. The summed E-state index contributed by atoms with van der Waals surface area (Å²) in [5, 5.41) is 15.3. The normalized spacial score (nSPS) is 19.2. The molecule has 5 nitrogen and oxygen atoms in total. The van der Waals surface area contributed by atoms with Crippen LogP contribution in [0.3, 0.4) is 0 Å². The lowest BCUT2D eigenvalue weighted by atomic mass is 10.1. The van der Waals surface area contributed by atoms with E-state index in [1.54, 1.807) is 0 Å². The molecule has 1 saturated heterocycles. The second kappa shape index (κ2) is 5.63. The average Bonchev–Trinajstić information content (AvgIpc) is 2.82. The number of rotatable bonds is 4. The third-order valence-electron chi connectivity index (χ3n) is 2.99. The van der Waals surface area contributed by atoms with Crippen molar-refractivity contribution in [2.75, 3.05) is 19.6 Å². The Balaban J connectivity index is 1.77. The van der Waals surface area contributed by atoms with Gasteiger partial charge in [0.1, 0.15) is 5.75 Å². The van der Waals surface area contributed by atoms with Crippen LogP contribution in [0, 0.1) is 5.92 Å². The molecule has 2 rings (SSSR count). The molecule has 17 heavy (non-hydrogen) atoms. The Morgan fingerprint density at radius 2 is 2.47 bits per heavy atom. The molecule has 1 aromatic heterocycles. The van der Waals surface area contributed by atoms with Gasteiger partial charge in [-0.25, -0.2) is 0 Å². The second-order valence-electron chi connectivity index (χ2n) is 4.34. The first-order chi connectivity index (χ1) is 8.25. The lowest BCUT2D eigenvalue weighted by Crippen LogP contribution is -2.26. The van der Waals surface area contributed by atoms with Gasteiger partial charge in [0.05, 0.1) is 11.8 Å². The van der Waals surface area contributed by atoms with Crippen LogP contribution < -0.4 is 10.6 Å². The fourth-order valence-corrected chi connectivity index (χ4v) is 2.00. The lowest BCUT2D eigenvalue weighted by molar-refractivity contribution is 0.0951. The molecule has 2 heterocycles. The molecule has 0 aromatic carbocycles. The van der Waals surface area contributed by atoms with Gasteiger partial charge >= 0.3 is 0 Å². The van der Waals surface area contributed by atoms with Crippen LogP contribution >= 0.6 is 0 Å². The highest BCUT2D eigenvalue weighted by Crippen LogP contribution is 2.11. The van der Waals surface area contributed by atoms with Crippen LogP contribution in [0.2, 0.25) is 0 Å². The maximum atomic E-state index is 11.7. The molecule has 0 bridgehead atoms. The molecule has 1 fully saturated rings. The van der Waals surface area contributed by atoms with Crippen molar-refractivity contribution < 1.29 is 9.90 Å². The number of aromatic nitrogens is 1. The molecule has 0 radical (unpaired) electrons. The molecule has 0 aliphatic carbocycles. The van der Waals surface area contributed by atoms with Gasteiger partial charge in [0.2, 0.25) is 0 Å². The van der Waals surface area contributed by atoms with Crippen LogP contribution in [0.15, 0.2) is 18.5 Å². The van der Waals surface area contributed by atoms with Gasteiger partial charge in [0, 0.05) is 12.7 Å². The maximum absolute atomic E-state index is 11.7. The summed E-state index contributed by atoms with van der Waals surface area (Å²) >= 11 is 0. The van der Waals surface area contributed by atoms with Crippen molar-refractivity contribution in [1.29, 1.82) is 0 Å². The van der Waals surface area contributed by atoms with Crippen LogP contribution in [0.5, 0.6) is 5.75 Å². The number of hydrogen-bond acceptors (Lipinski definition) is 4. The van der Waals surface area contributed by atoms with Gasteiger partial charge in [-0.2, -0.15) is 0 Å². The minimum Gasteiger partial charge on any atom is -0.506 e. The molecular weight excluding hydrogens is 218 g/mol. The Labute approximate surface area is 100 Å². The van der Waals surface area contributed by atoms with Crippen molar-refractivity contribution in [1.82, 2.24) is 15.6 Å². The van der Waals surface area contributed by atoms with E-state index in [2.05, 4.69) is 15.6 Å². The van der Waals surface area contributed by atoms with Crippen molar-refractivity contribution in [2.24, 2.45) is 5.92 Å². The molecule has 1 amide bonds. The summed E-state index contributed by atoms with van der Waals surface area (Å²) < 4.78 is 0. The number of nitrogens with one attached hydrogen (secondary N) is 2. The highest BCUT2D eigenvalue weighted by Gasteiger charge is 2.14. The number of aromatic hydroxyl groups is 1. The summed E-state index contributed by atoms with van der Waals surface area (Å²) in [7, 11) is 0. The van der Waals surface area contributed by atoms with Gasteiger partial charge in [-0.15, -0.1) is 0 Å². The second-order valence-corrected chi connectivity index (χ2v) is 4.34. The van der Waals surface area contributed by atoms with E-state index >= 15 is 0 Å². The molecule has 1 atom stereocenters. The molecule has 1 aliphatic heterocycles. The number of carbonyl (C=O) groups is 1. The predicted octanol–water partition coefficient (Wildman–Crippen LogP) is 0.517. The topological polar surface area (TPSA) is 74.2 Å². The summed E-state index contributed by atoms with van der Waals surface area (Å²) in [5.74, 6) is 0.495. The third-order valence-corrected chi connectivity index (χ3v) is 2.99. The van der Waals surface area contributed by atoms with Crippen molar-refractivity contribution >= 4 is 5.91 Å². The lowest BCUT2D eigenvalue weighted by Gasteiger charge is -2.09. The summed E-state index contributed by atoms with van der Waals surface area (Å²) in [6.07, 6.45) is 4.93. The molecule has 1 unspecified atom stereocenters. The first-order valence-electron chi connectivity index (χ1n) is 5.88. The Hall–Kier alpha value is -1.62. The Morgan fingerprint density at radius 3 is 3.18 bits per heavy atom. The van der Waals surface area contributed by atoms with Crippen LogP contribution in [0.25, 0.3) is 0 Å². The quantitative estimate of drug-likeness (QED) is 0.711. The molecule has 1 aliphatic rings. The van der Waals surface area contributed by atoms with E-state index in [9.17, 15) is 9.90 Å². The number of nitrogens with zero attached hydrogens (tertiary/aromatic N) is 1. The van der Waals surface area contributed by atoms with E-state index in [0.29, 0.717) is 18.0 Å². The van der Waals surface area contributed by atoms with Crippen molar-refractivity contribution in [3.8, 4) is 5.75 Å². The minimum atomic E-state index is -0.181. The summed E-state index contributed by atoms with van der Waals surface area (Å²) in [6.45, 7) is 2.79. The molecule has 5 heteroatoms. The van der Waals surface area contributed by atoms with Gasteiger partial charge in [-0.3, -0.25) is 9.78 Å². The Bertz CT molecular complexity index is 389. The van der Waals surface area contributed by atoms with Gasteiger partial charge < -0.3 is 15.7 Å². The van der Waals surface area contributed by atoms with Crippen LogP contribution in [-0.4, -0.2) is 35.6 Å². The molecule has 92 valence electrons. The predicted molar refractivity (Wildman–Crippen MR) is 63.8 cm³/mol. The van der Waals surface area contributed by atoms with E-state index in [1.807, 2.05) is 0 Å².